The highest BCUT2D eigenvalue weighted by Crippen LogP contribution is 2.38. The molecule has 0 aliphatic carbocycles. The predicted octanol–water partition coefficient (Wildman–Crippen LogP) is 7.25. The number of nitrogens with zero attached hydrogens (tertiary/aromatic N) is 2. The number of likely N-dealkylation sites (N-methyl/N-ethyl adjacent to an activating group) is 1. The standard InChI is InChI=1S/C32H27Cl3F3N3O4S/c1-39-31(43)29(16-21-8-4-2-5-9-21)40(19-22-12-13-23(33)17-28(22)35)30(42)20-41(46(44,45)25-10-6-3-7-11-25)24-14-15-27(34)26(18-24)32(36,37)38/h2-15,17-18,29H,16,19-20H2,1H3,(H,39,43)/t29-/m1/s1. The summed E-state index contributed by atoms with van der Waals surface area (Å²) in [6.45, 7) is -1.23. The van der Waals surface area contributed by atoms with E-state index in [9.17, 15) is 31.2 Å². The maximum atomic E-state index is 14.3. The molecule has 2 amide bonds. The van der Waals surface area contributed by atoms with Crippen molar-refractivity contribution in [1.82, 2.24) is 10.2 Å². The quantitative estimate of drug-likeness (QED) is 0.178. The second-order valence-corrected chi connectivity index (χ2v) is 13.2. The maximum absolute atomic E-state index is 14.3. The number of carbonyl (C=O) groups is 2. The zero-order valence-corrected chi connectivity index (χ0v) is 27.2. The molecule has 0 radical (unpaired) electrons. The maximum Gasteiger partial charge on any atom is 0.417 e. The number of hydrogen-bond acceptors (Lipinski definition) is 4. The summed E-state index contributed by atoms with van der Waals surface area (Å²) in [5.74, 6) is -1.45. The summed E-state index contributed by atoms with van der Waals surface area (Å²) >= 11 is 18.3. The molecule has 0 aliphatic heterocycles. The van der Waals surface area contributed by atoms with Crippen molar-refractivity contribution in [3.63, 3.8) is 0 Å². The summed E-state index contributed by atoms with van der Waals surface area (Å²) in [5.41, 5.74) is -0.662. The first-order valence-corrected chi connectivity index (χ1v) is 16.2. The molecular weight excluding hydrogens is 686 g/mol. The van der Waals surface area contributed by atoms with E-state index in [1.807, 2.05) is 0 Å². The molecule has 0 aromatic heterocycles. The molecule has 7 nitrogen and oxygen atoms in total. The molecule has 242 valence electrons. The number of benzene rings is 4. The van der Waals surface area contributed by atoms with Crippen LogP contribution in [0.25, 0.3) is 0 Å². The van der Waals surface area contributed by atoms with Crippen molar-refractivity contribution < 1.29 is 31.2 Å². The van der Waals surface area contributed by atoms with Crippen LogP contribution in [-0.2, 0) is 38.8 Å². The molecule has 4 aromatic rings. The zero-order valence-electron chi connectivity index (χ0n) is 24.1. The van der Waals surface area contributed by atoms with Gasteiger partial charge in [-0.3, -0.25) is 13.9 Å². The third-order valence-electron chi connectivity index (χ3n) is 7.03. The minimum absolute atomic E-state index is 0.0298. The highest BCUT2D eigenvalue weighted by atomic mass is 35.5. The van der Waals surface area contributed by atoms with Crippen molar-refractivity contribution in [3.05, 3.63) is 129 Å². The fourth-order valence-corrected chi connectivity index (χ4v) is 6.81. The first-order valence-electron chi connectivity index (χ1n) is 13.7. The van der Waals surface area contributed by atoms with Gasteiger partial charge in [0.25, 0.3) is 10.0 Å². The molecule has 0 unspecified atom stereocenters. The summed E-state index contributed by atoms with van der Waals surface area (Å²) in [7, 11) is -3.24. The Morgan fingerprint density at radius 2 is 1.48 bits per heavy atom. The summed E-state index contributed by atoms with van der Waals surface area (Å²) in [6.07, 6.45) is -4.89. The number of amides is 2. The van der Waals surface area contributed by atoms with Crippen LogP contribution >= 0.6 is 34.8 Å². The lowest BCUT2D eigenvalue weighted by atomic mass is 10.0. The number of carbonyl (C=O) groups excluding carboxylic acids is 2. The van der Waals surface area contributed by atoms with Gasteiger partial charge < -0.3 is 10.2 Å². The average molecular weight is 713 g/mol. The smallest absolute Gasteiger partial charge is 0.357 e. The molecule has 0 saturated heterocycles. The molecule has 0 spiro atoms. The lowest BCUT2D eigenvalue weighted by molar-refractivity contribution is -0.139. The van der Waals surface area contributed by atoms with E-state index in [0.717, 1.165) is 17.0 Å². The summed E-state index contributed by atoms with van der Waals surface area (Å²) < 4.78 is 70.1. The summed E-state index contributed by atoms with van der Waals surface area (Å²) in [4.78, 5) is 28.5. The van der Waals surface area contributed by atoms with Crippen LogP contribution in [0.15, 0.2) is 102 Å². The Morgan fingerprint density at radius 1 is 0.848 bits per heavy atom. The Morgan fingerprint density at radius 3 is 2.07 bits per heavy atom. The molecule has 0 bridgehead atoms. The molecule has 0 fully saturated rings. The summed E-state index contributed by atoms with van der Waals surface area (Å²) in [6, 6.07) is 21.7. The predicted molar refractivity (Wildman–Crippen MR) is 172 cm³/mol. The van der Waals surface area contributed by atoms with Crippen LogP contribution in [-0.4, -0.2) is 44.8 Å². The van der Waals surface area contributed by atoms with E-state index in [1.165, 1.54) is 43.4 Å². The average Bonchev–Trinajstić information content (AvgIpc) is 3.02. The molecule has 0 aliphatic rings. The second-order valence-electron chi connectivity index (χ2n) is 10.1. The van der Waals surface area contributed by atoms with Crippen molar-refractivity contribution in [1.29, 1.82) is 0 Å². The van der Waals surface area contributed by atoms with E-state index in [2.05, 4.69) is 5.32 Å². The first kappa shape index (κ1) is 35.1. The number of halogens is 6. The van der Waals surface area contributed by atoms with Gasteiger partial charge in [-0.2, -0.15) is 13.2 Å². The largest absolute Gasteiger partial charge is 0.417 e. The molecule has 14 heteroatoms. The zero-order chi connectivity index (χ0) is 33.6. The minimum Gasteiger partial charge on any atom is -0.357 e. The normalized spacial score (nSPS) is 12.3. The molecule has 1 N–H and O–H groups in total. The molecule has 4 rings (SSSR count). The van der Waals surface area contributed by atoms with Gasteiger partial charge in [-0.1, -0.05) is 89.4 Å². The molecular formula is C32H27Cl3F3N3O4S. The van der Waals surface area contributed by atoms with Crippen LogP contribution in [0, 0.1) is 0 Å². The van der Waals surface area contributed by atoms with Gasteiger partial charge in [0.2, 0.25) is 11.8 Å². The number of anilines is 1. The highest BCUT2D eigenvalue weighted by molar-refractivity contribution is 7.92. The molecule has 0 saturated carbocycles. The van der Waals surface area contributed by atoms with Crippen molar-refractivity contribution >= 4 is 62.3 Å². The van der Waals surface area contributed by atoms with E-state index in [1.54, 1.807) is 42.5 Å². The van der Waals surface area contributed by atoms with E-state index in [4.69, 9.17) is 34.8 Å². The van der Waals surface area contributed by atoms with E-state index in [0.29, 0.717) is 26.5 Å². The highest BCUT2D eigenvalue weighted by Gasteiger charge is 2.37. The van der Waals surface area contributed by atoms with Crippen LogP contribution in [0.3, 0.4) is 0 Å². The van der Waals surface area contributed by atoms with Gasteiger partial charge in [-0.15, -0.1) is 0 Å². The van der Waals surface area contributed by atoms with E-state index >= 15 is 0 Å². The lowest BCUT2D eigenvalue weighted by Crippen LogP contribution is -2.53. The Balaban J connectivity index is 1.86. The number of nitrogens with one attached hydrogen (secondary N) is 1. The van der Waals surface area contributed by atoms with E-state index in [-0.39, 0.29) is 22.9 Å². The Labute approximate surface area is 279 Å². The van der Waals surface area contributed by atoms with Gasteiger partial charge >= 0.3 is 6.18 Å². The van der Waals surface area contributed by atoms with Crippen molar-refractivity contribution in [2.45, 2.75) is 30.1 Å². The van der Waals surface area contributed by atoms with Crippen LogP contribution in [0.1, 0.15) is 16.7 Å². The Kier molecular flexibility index (Phi) is 11.3. The van der Waals surface area contributed by atoms with Crippen molar-refractivity contribution in [2.75, 3.05) is 17.9 Å². The van der Waals surface area contributed by atoms with Gasteiger partial charge in [0.1, 0.15) is 12.6 Å². The Hall–Kier alpha value is -3.77. The SMILES string of the molecule is CNC(=O)[C@@H](Cc1ccccc1)N(Cc1ccc(Cl)cc1Cl)C(=O)CN(c1ccc(Cl)c(C(F)(F)F)c1)S(=O)(=O)c1ccccc1. The fourth-order valence-electron chi connectivity index (χ4n) is 4.69. The van der Waals surface area contributed by atoms with Crippen LogP contribution in [0.4, 0.5) is 18.9 Å². The number of hydrogen-bond donors (Lipinski definition) is 1. The molecule has 46 heavy (non-hydrogen) atoms. The van der Waals surface area contributed by atoms with Crippen molar-refractivity contribution in [2.24, 2.45) is 0 Å². The topological polar surface area (TPSA) is 86.8 Å². The number of alkyl halides is 3. The van der Waals surface area contributed by atoms with Gasteiger partial charge in [-0.05, 0) is 53.6 Å². The Bertz CT molecular complexity index is 1810. The molecule has 1 atom stereocenters. The second kappa shape index (κ2) is 14.8. The summed E-state index contributed by atoms with van der Waals surface area (Å²) in [5, 5.41) is 2.40. The molecule has 4 aromatic carbocycles. The van der Waals surface area contributed by atoms with E-state index < -0.39 is 56.9 Å². The van der Waals surface area contributed by atoms with Gasteiger partial charge in [0, 0.05) is 30.1 Å². The third kappa shape index (κ3) is 8.33. The fraction of sp³-hybridized carbons (Fsp3) is 0.188. The monoisotopic (exact) mass is 711 g/mol. The molecule has 0 heterocycles. The number of sulfonamides is 1. The van der Waals surface area contributed by atoms with Gasteiger partial charge in [-0.25, -0.2) is 8.42 Å². The van der Waals surface area contributed by atoms with Crippen LogP contribution < -0.4 is 9.62 Å². The van der Waals surface area contributed by atoms with Crippen molar-refractivity contribution in [3.8, 4) is 0 Å². The third-order valence-corrected chi connectivity index (χ3v) is 9.73. The van der Waals surface area contributed by atoms with Crippen LogP contribution in [0.2, 0.25) is 15.1 Å². The van der Waals surface area contributed by atoms with Crippen LogP contribution in [0.5, 0.6) is 0 Å². The van der Waals surface area contributed by atoms with Gasteiger partial charge in [0.05, 0.1) is 21.2 Å². The lowest BCUT2D eigenvalue weighted by Gasteiger charge is -2.34. The number of rotatable bonds is 11. The minimum atomic E-state index is -4.92. The van der Waals surface area contributed by atoms with Gasteiger partial charge in [0.15, 0.2) is 0 Å². The first-order chi connectivity index (χ1) is 21.7.